The molecule has 0 fully saturated rings. The van der Waals surface area contributed by atoms with Crippen LogP contribution in [0.4, 0.5) is 48.3 Å². The molecule has 0 aliphatic carbocycles. The van der Waals surface area contributed by atoms with Crippen molar-refractivity contribution in [3.8, 4) is 22.3 Å². The van der Waals surface area contributed by atoms with Crippen molar-refractivity contribution in [3.05, 3.63) is 107 Å². The fraction of sp³-hybridized carbons (Fsp3) is 0.0370. The summed E-state index contributed by atoms with van der Waals surface area (Å²) in [5, 5.41) is -1.21. The van der Waals surface area contributed by atoms with Crippen molar-refractivity contribution in [1.29, 1.82) is 0 Å². The molecule has 0 amide bonds. The molecule has 0 spiro atoms. The first-order chi connectivity index (χ1) is 17.9. The number of hydrogen-bond donors (Lipinski definition) is 0. The van der Waals surface area contributed by atoms with Crippen LogP contribution in [0.1, 0.15) is 5.56 Å². The number of alkyl halides is 3. The summed E-state index contributed by atoms with van der Waals surface area (Å²) in [6.07, 6.45) is -5.78. The molecule has 0 bridgehead atoms. The van der Waals surface area contributed by atoms with Crippen molar-refractivity contribution in [3.63, 3.8) is 0 Å². The van der Waals surface area contributed by atoms with E-state index in [1.54, 1.807) is 0 Å². The maximum atomic E-state index is 15.1. The van der Waals surface area contributed by atoms with E-state index in [0.29, 0.717) is 0 Å². The van der Waals surface area contributed by atoms with Crippen LogP contribution >= 0.6 is 0 Å². The molecule has 5 aromatic rings. The molecule has 194 valence electrons. The maximum Gasteiger partial charge on any atom is 0.422 e. The Morgan fingerprint density at radius 2 is 0.711 bits per heavy atom. The lowest BCUT2D eigenvalue weighted by Gasteiger charge is -2.20. The SMILES string of the molecule is Fc1cc(F)c(F)c(-c2c3ccccc3c(-c3c(F)c(F)c(C(F)(F)F)c(F)c3F)c3ccccc23)c1F. The van der Waals surface area contributed by atoms with Crippen LogP contribution in [-0.2, 0) is 6.18 Å². The summed E-state index contributed by atoms with van der Waals surface area (Å²) in [6, 6.07) is 9.59. The average molecular weight is 542 g/mol. The van der Waals surface area contributed by atoms with E-state index in [-0.39, 0.29) is 27.6 Å². The molecule has 38 heavy (non-hydrogen) atoms. The van der Waals surface area contributed by atoms with Gasteiger partial charge in [-0.05, 0) is 21.5 Å². The largest absolute Gasteiger partial charge is 0.422 e. The van der Waals surface area contributed by atoms with Crippen molar-refractivity contribution in [2.75, 3.05) is 0 Å². The first-order valence-electron chi connectivity index (χ1n) is 10.6. The average Bonchev–Trinajstić information content (AvgIpc) is 2.86. The van der Waals surface area contributed by atoms with E-state index < -0.39 is 80.5 Å². The minimum atomic E-state index is -5.78. The van der Waals surface area contributed by atoms with Gasteiger partial charge in [-0.3, -0.25) is 0 Å². The Bertz CT molecular complexity index is 1670. The first kappa shape index (κ1) is 25.5. The van der Waals surface area contributed by atoms with Crippen LogP contribution in [0.5, 0.6) is 0 Å². The molecule has 5 rings (SSSR count). The van der Waals surface area contributed by atoms with Crippen LogP contribution in [0.15, 0.2) is 54.6 Å². The van der Waals surface area contributed by atoms with E-state index >= 15 is 8.78 Å². The monoisotopic (exact) mass is 542 g/mol. The Balaban J connectivity index is 2.04. The summed E-state index contributed by atoms with van der Waals surface area (Å²) in [6.45, 7) is 0. The normalized spacial score (nSPS) is 12.1. The summed E-state index contributed by atoms with van der Waals surface area (Å²) in [5.74, 6) is -17.2. The topological polar surface area (TPSA) is 0 Å². The molecular formula is C27H9F11. The highest BCUT2D eigenvalue weighted by Crippen LogP contribution is 2.48. The fourth-order valence-electron chi connectivity index (χ4n) is 4.56. The number of rotatable bonds is 2. The summed E-state index contributed by atoms with van der Waals surface area (Å²) < 4.78 is 157. The molecule has 0 aromatic heterocycles. The number of halogens is 11. The summed E-state index contributed by atoms with van der Waals surface area (Å²) >= 11 is 0. The van der Waals surface area contributed by atoms with Gasteiger partial charge in [-0.25, -0.2) is 35.1 Å². The van der Waals surface area contributed by atoms with Gasteiger partial charge < -0.3 is 0 Å². The minimum Gasteiger partial charge on any atom is -0.204 e. The molecule has 0 nitrogen and oxygen atoms in total. The number of benzene rings is 5. The van der Waals surface area contributed by atoms with Crippen LogP contribution in [0.25, 0.3) is 43.8 Å². The predicted molar refractivity (Wildman–Crippen MR) is 117 cm³/mol. The van der Waals surface area contributed by atoms with E-state index in [2.05, 4.69) is 0 Å². The highest BCUT2D eigenvalue weighted by atomic mass is 19.4. The molecule has 11 heteroatoms. The third-order valence-electron chi connectivity index (χ3n) is 6.09. The van der Waals surface area contributed by atoms with E-state index in [9.17, 15) is 39.5 Å². The molecule has 0 unspecified atom stereocenters. The Labute approximate surface area is 205 Å². The summed E-state index contributed by atoms with van der Waals surface area (Å²) in [4.78, 5) is 0. The highest BCUT2D eigenvalue weighted by Gasteiger charge is 2.43. The van der Waals surface area contributed by atoms with E-state index in [4.69, 9.17) is 0 Å². The Morgan fingerprint density at radius 3 is 1.03 bits per heavy atom. The summed E-state index contributed by atoms with van der Waals surface area (Å²) in [7, 11) is 0. The third-order valence-corrected chi connectivity index (χ3v) is 6.09. The van der Waals surface area contributed by atoms with E-state index in [0.717, 1.165) is 24.3 Å². The zero-order valence-corrected chi connectivity index (χ0v) is 18.4. The smallest absolute Gasteiger partial charge is 0.204 e. The van der Waals surface area contributed by atoms with Crippen molar-refractivity contribution >= 4 is 21.5 Å². The van der Waals surface area contributed by atoms with Gasteiger partial charge in [0, 0.05) is 17.2 Å². The molecule has 0 aliphatic heterocycles. The maximum absolute atomic E-state index is 15.1. The Kier molecular flexibility index (Phi) is 5.85. The lowest BCUT2D eigenvalue weighted by molar-refractivity contribution is -0.143. The second-order valence-electron chi connectivity index (χ2n) is 8.19. The molecule has 0 saturated carbocycles. The van der Waals surface area contributed by atoms with Crippen LogP contribution in [0.2, 0.25) is 0 Å². The number of fused-ring (bicyclic) bond motifs is 2. The molecule has 0 aliphatic rings. The molecule has 5 aromatic carbocycles. The van der Waals surface area contributed by atoms with E-state index in [1.807, 2.05) is 0 Å². The second-order valence-corrected chi connectivity index (χ2v) is 8.19. The zero-order chi connectivity index (χ0) is 27.7. The van der Waals surface area contributed by atoms with Gasteiger partial charge in [0.25, 0.3) is 0 Å². The molecule has 0 heterocycles. The zero-order valence-electron chi connectivity index (χ0n) is 18.4. The van der Waals surface area contributed by atoms with Crippen LogP contribution in [0, 0.1) is 46.5 Å². The third kappa shape index (κ3) is 3.59. The second kappa shape index (κ2) is 8.71. The quantitative estimate of drug-likeness (QED) is 0.118. The van der Waals surface area contributed by atoms with Gasteiger partial charge in [-0.15, -0.1) is 0 Å². The van der Waals surface area contributed by atoms with E-state index in [1.165, 1.54) is 24.3 Å². The van der Waals surface area contributed by atoms with Gasteiger partial charge in [0.1, 0.15) is 5.56 Å². The van der Waals surface area contributed by atoms with Gasteiger partial charge >= 0.3 is 6.18 Å². The lowest BCUT2D eigenvalue weighted by Crippen LogP contribution is -2.16. The van der Waals surface area contributed by atoms with Crippen molar-refractivity contribution in [2.45, 2.75) is 6.18 Å². The standard InChI is InChI=1S/C27H9F11/c28-14-9-15(29)22(31)18(21(14)30)16-10-5-1-3-7-12(10)17(13-8-4-2-6-11(13)16)19-23(32)25(34)20(27(36,37)38)26(35)24(19)33/h1-9H. The van der Waals surface area contributed by atoms with Crippen molar-refractivity contribution in [1.82, 2.24) is 0 Å². The van der Waals surface area contributed by atoms with Crippen LogP contribution < -0.4 is 0 Å². The predicted octanol–water partition coefficient (Wildman–Crippen LogP) is 9.46. The molecule has 0 saturated heterocycles. The number of hydrogen-bond acceptors (Lipinski definition) is 0. The Morgan fingerprint density at radius 1 is 0.395 bits per heavy atom. The van der Waals surface area contributed by atoms with Gasteiger partial charge in [-0.1, -0.05) is 48.5 Å². The Hall–Kier alpha value is -4.15. The van der Waals surface area contributed by atoms with Gasteiger partial charge in [0.15, 0.2) is 46.5 Å². The van der Waals surface area contributed by atoms with Crippen LogP contribution in [0.3, 0.4) is 0 Å². The minimum absolute atomic E-state index is 0.0224. The van der Waals surface area contributed by atoms with Crippen molar-refractivity contribution < 1.29 is 48.3 Å². The van der Waals surface area contributed by atoms with Gasteiger partial charge in [0.05, 0.1) is 11.1 Å². The van der Waals surface area contributed by atoms with Gasteiger partial charge in [-0.2, -0.15) is 13.2 Å². The molecular weight excluding hydrogens is 533 g/mol. The summed E-state index contributed by atoms with van der Waals surface area (Å²) in [5.41, 5.74) is -6.59. The van der Waals surface area contributed by atoms with Crippen LogP contribution in [-0.4, -0.2) is 0 Å². The molecule has 0 N–H and O–H groups in total. The molecule has 0 radical (unpaired) electrons. The highest BCUT2D eigenvalue weighted by molar-refractivity contribution is 6.21. The fourth-order valence-corrected chi connectivity index (χ4v) is 4.56. The lowest BCUT2D eigenvalue weighted by atomic mass is 9.85. The van der Waals surface area contributed by atoms with Crippen molar-refractivity contribution in [2.24, 2.45) is 0 Å². The van der Waals surface area contributed by atoms with Gasteiger partial charge in [0.2, 0.25) is 0 Å². The molecule has 0 atom stereocenters. The first-order valence-corrected chi connectivity index (χ1v) is 10.6.